The summed E-state index contributed by atoms with van der Waals surface area (Å²) in [5, 5.41) is 15.0. The monoisotopic (exact) mass is 377 g/mol. The smallest absolute Gasteiger partial charge is 0.360 e. The number of aromatic nitrogens is 1. The highest BCUT2D eigenvalue weighted by Gasteiger charge is 2.26. The van der Waals surface area contributed by atoms with E-state index in [-0.39, 0.29) is 15.2 Å². The number of aliphatic carboxylic acids is 1. The first-order chi connectivity index (χ1) is 11.0. The zero-order chi connectivity index (χ0) is 18.5. The van der Waals surface area contributed by atoms with E-state index in [1.165, 1.54) is 6.92 Å². The van der Waals surface area contributed by atoms with Gasteiger partial charge in [-0.2, -0.15) is 0 Å². The Bertz CT molecular complexity index is 667. The van der Waals surface area contributed by atoms with Crippen LogP contribution in [0.4, 0.5) is 5.13 Å². The Kier molecular flexibility index (Phi) is 6.67. The molecule has 0 aromatic carbocycles. The van der Waals surface area contributed by atoms with Gasteiger partial charge in [-0.25, -0.2) is 14.6 Å². The molecular formula is C13H16ClN3O6S. The Morgan fingerprint density at radius 2 is 2.08 bits per heavy atom. The molecule has 1 amide bonds. The van der Waals surface area contributed by atoms with Crippen molar-refractivity contribution in [2.24, 2.45) is 5.16 Å². The number of carbonyl (C=O) groups is 3. The molecule has 0 saturated carbocycles. The summed E-state index contributed by atoms with van der Waals surface area (Å²) in [7, 11) is 0. The van der Waals surface area contributed by atoms with Gasteiger partial charge in [-0.15, -0.1) is 0 Å². The van der Waals surface area contributed by atoms with Crippen LogP contribution in [0.2, 0.25) is 4.34 Å². The van der Waals surface area contributed by atoms with Crippen molar-refractivity contribution in [1.82, 2.24) is 4.98 Å². The van der Waals surface area contributed by atoms with Crippen LogP contribution in [0.1, 0.15) is 33.4 Å². The number of nitrogens with one attached hydrogen (secondary N) is 1. The number of carboxylic acids is 1. The van der Waals surface area contributed by atoms with Crippen LogP contribution < -0.4 is 5.32 Å². The van der Waals surface area contributed by atoms with Crippen molar-refractivity contribution in [3.63, 3.8) is 0 Å². The SMILES string of the molecule is CC(O/N=C(\C(=O)O)c1nc(NC=O)sc1Cl)C(=O)OC(C)(C)C. The molecule has 1 atom stereocenters. The van der Waals surface area contributed by atoms with Crippen LogP contribution in [0.15, 0.2) is 5.16 Å². The number of oxime groups is 1. The number of rotatable bonds is 7. The molecule has 1 aromatic heterocycles. The molecular weight excluding hydrogens is 362 g/mol. The summed E-state index contributed by atoms with van der Waals surface area (Å²) < 4.78 is 5.08. The number of esters is 1. The van der Waals surface area contributed by atoms with Crippen molar-refractivity contribution in [3.05, 3.63) is 10.0 Å². The van der Waals surface area contributed by atoms with Crippen LogP contribution in [-0.4, -0.2) is 45.9 Å². The zero-order valence-electron chi connectivity index (χ0n) is 13.3. The Labute approximate surface area is 146 Å². The predicted octanol–water partition coefficient (Wildman–Crippen LogP) is 1.90. The molecule has 0 aliphatic rings. The molecule has 1 unspecified atom stereocenters. The molecule has 132 valence electrons. The van der Waals surface area contributed by atoms with Gasteiger partial charge in [0.25, 0.3) is 0 Å². The molecule has 0 radical (unpaired) electrons. The summed E-state index contributed by atoms with van der Waals surface area (Å²) in [4.78, 5) is 42.2. The molecule has 0 spiro atoms. The van der Waals surface area contributed by atoms with Gasteiger partial charge >= 0.3 is 11.9 Å². The van der Waals surface area contributed by atoms with Gasteiger partial charge in [0.05, 0.1) is 0 Å². The largest absolute Gasteiger partial charge is 0.476 e. The molecule has 24 heavy (non-hydrogen) atoms. The number of hydrogen-bond acceptors (Lipinski definition) is 8. The second-order valence-electron chi connectivity index (χ2n) is 5.43. The minimum absolute atomic E-state index is 0.00554. The van der Waals surface area contributed by atoms with Crippen LogP contribution >= 0.6 is 22.9 Å². The minimum atomic E-state index is -1.46. The number of carboxylic acid groups (broad SMARTS) is 1. The van der Waals surface area contributed by atoms with E-state index in [1.807, 2.05) is 0 Å². The molecule has 1 rings (SSSR count). The van der Waals surface area contributed by atoms with Crippen molar-refractivity contribution in [2.45, 2.75) is 39.4 Å². The van der Waals surface area contributed by atoms with E-state index in [0.29, 0.717) is 6.41 Å². The van der Waals surface area contributed by atoms with Crippen molar-refractivity contribution in [3.8, 4) is 0 Å². The molecule has 0 aliphatic carbocycles. The summed E-state index contributed by atoms with van der Waals surface area (Å²) in [5.41, 5.74) is -1.51. The minimum Gasteiger partial charge on any atom is -0.476 e. The van der Waals surface area contributed by atoms with E-state index < -0.39 is 29.4 Å². The normalized spacial score (nSPS) is 13.1. The van der Waals surface area contributed by atoms with E-state index in [2.05, 4.69) is 15.5 Å². The Hall–Kier alpha value is -2.20. The summed E-state index contributed by atoms with van der Waals surface area (Å²) >= 11 is 6.75. The Morgan fingerprint density at radius 1 is 1.46 bits per heavy atom. The number of amides is 1. The number of anilines is 1. The van der Waals surface area contributed by atoms with Crippen LogP contribution in [0.25, 0.3) is 0 Å². The van der Waals surface area contributed by atoms with Crippen molar-refractivity contribution >= 4 is 52.1 Å². The second-order valence-corrected chi connectivity index (χ2v) is 7.03. The number of hydrogen-bond donors (Lipinski definition) is 2. The predicted molar refractivity (Wildman–Crippen MR) is 87.4 cm³/mol. The van der Waals surface area contributed by atoms with Gasteiger partial charge in [-0.3, -0.25) is 4.79 Å². The van der Waals surface area contributed by atoms with Gasteiger partial charge in [-0.1, -0.05) is 28.1 Å². The van der Waals surface area contributed by atoms with Crippen molar-refractivity contribution in [1.29, 1.82) is 0 Å². The van der Waals surface area contributed by atoms with Gasteiger partial charge in [0.1, 0.15) is 15.6 Å². The lowest BCUT2D eigenvalue weighted by molar-refractivity contribution is -0.167. The van der Waals surface area contributed by atoms with Crippen molar-refractivity contribution < 1.29 is 29.1 Å². The van der Waals surface area contributed by atoms with Gasteiger partial charge in [0.15, 0.2) is 5.13 Å². The topological polar surface area (TPSA) is 127 Å². The molecule has 2 N–H and O–H groups in total. The first-order valence-corrected chi connectivity index (χ1v) is 7.81. The van der Waals surface area contributed by atoms with E-state index in [1.54, 1.807) is 20.8 Å². The quantitative estimate of drug-likeness (QED) is 0.321. The van der Waals surface area contributed by atoms with Crippen LogP contribution in [0, 0.1) is 0 Å². The first-order valence-electron chi connectivity index (χ1n) is 6.62. The molecule has 11 heteroatoms. The molecule has 9 nitrogen and oxygen atoms in total. The summed E-state index contributed by atoms with van der Waals surface area (Å²) in [6.45, 7) is 6.40. The number of halogens is 1. The number of thiazole rings is 1. The van der Waals surface area contributed by atoms with Gasteiger partial charge in [0.2, 0.25) is 18.2 Å². The molecule has 0 fully saturated rings. The summed E-state index contributed by atoms with van der Waals surface area (Å²) in [6, 6.07) is 0. The average molecular weight is 378 g/mol. The molecule has 0 bridgehead atoms. The number of ether oxygens (including phenoxy) is 1. The van der Waals surface area contributed by atoms with Crippen LogP contribution in [0.5, 0.6) is 0 Å². The third-order valence-corrected chi connectivity index (χ3v) is 3.42. The van der Waals surface area contributed by atoms with Crippen LogP contribution in [-0.2, 0) is 24.0 Å². The first kappa shape index (κ1) is 19.8. The van der Waals surface area contributed by atoms with Gasteiger partial charge in [0, 0.05) is 0 Å². The summed E-state index contributed by atoms with van der Waals surface area (Å²) in [5.74, 6) is -2.17. The Balaban J connectivity index is 2.96. The highest BCUT2D eigenvalue weighted by atomic mass is 35.5. The third kappa shape index (κ3) is 5.78. The molecule has 0 aliphatic heterocycles. The maximum absolute atomic E-state index is 11.8. The van der Waals surface area contributed by atoms with Crippen LogP contribution in [0.3, 0.4) is 0 Å². The van der Waals surface area contributed by atoms with Gasteiger partial charge < -0.3 is 20.0 Å². The fourth-order valence-corrected chi connectivity index (χ4v) is 2.31. The van der Waals surface area contributed by atoms with E-state index in [9.17, 15) is 19.5 Å². The standard InChI is InChI=1S/C13H16ClN3O6S/c1-6(11(21)22-13(2,3)4)23-17-8(10(19)20)7-9(14)24-12(16-7)15-5-18/h5-6H,1-4H3,(H,19,20)(H,15,16,18)/b17-8-. The van der Waals surface area contributed by atoms with E-state index >= 15 is 0 Å². The number of nitrogens with zero attached hydrogens (tertiary/aromatic N) is 2. The maximum atomic E-state index is 11.8. The molecule has 0 saturated heterocycles. The molecule has 1 heterocycles. The third-order valence-electron chi connectivity index (χ3n) is 2.24. The fourth-order valence-electron chi connectivity index (χ4n) is 1.30. The van der Waals surface area contributed by atoms with Gasteiger partial charge in [-0.05, 0) is 27.7 Å². The fraction of sp³-hybridized carbons (Fsp3) is 0.462. The maximum Gasteiger partial charge on any atom is 0.360 e. The summed E-state index contributed by atoms with van der Waals surface area (Å²) in [6.07, 6.45) is -0.763. The highest BCUT2D eigenvalue weighted by Crippen LogP contribution is 2.28. The molecule has 1 aromatic rings. The van der Waals surface area contributed by atoms with Crippen molar-refractivity contribution in [2.75, 3.05) is 5.32 Å². The number of carbonyl (C=O) groups excluding carboxylic acids is 2. The lowest BCUT2D eigenvalue weighted by Crippen LogP contribution is -2.31. The average Bonchev–Trinajstić information content (AvgIpc) is 2.78. The zero-order valence-corrected chi connectivity index (χ0v) is 14.9. The Morgan fingerprint density at radius 3 is 2.58 bits per heavy atom. The highest BCUT2D eigenvalue weighted by molar-refractivity contribution is 7.20. The van der Waals surface area contributed by atoms with E-state index in [4.69, 9.17) is 21.2 Å². The lowest BCUT2D eigenvalue weighted by atomic mass is 10.2. The second kappa shape index (κ2) is 8.06. The lowest BCUT2D eigenvalue weighted by Gasteiger charge is -2.21. The van der Waals surface area contributed by atoms with E-state index in [0.717, 1.165) is 11.3 Å².